The molecule has 4 heteroatoms. The van der Waals surface area contributed by atoms with E-state index in [0.29, 0.717) is 25.1 Å². The second kappa shape index (κ2) is 7.90. The van der Waals surface area contributed by atoms with E-state index in [0.717, 1.165) is 25.7 Å². The Morgan fingerprint density at radius 3 is 2.56 bits per heavy atom. The SMILES string of the molecule is C=C(CCNC(=O)C1CCCCC1)C(=O)OCC. The fourth-order valence-electron chi connectivity index (χ4n) is 2.18. The summed E-state index contributed by atoms with van der Waals surface area (Å²) < 4.78 is 4.83. The highest BCUT2D eigenvalue weighted by molar-refractivity contribution is 5.87. The quantitative estimate of drug-likeness (QED) is 0.583. The van der Waals surface area contributed by atoms with E-state index < -0.39 is 0 Å². The van der Waals surface area contributed by atoms with E-state index >= 15 is 0 Å². The number of hydrogen-bond donors (Lipinski definition) is 1. The van der Waals surface area contributed by atoms with Crippen LogP contribution in [0.4, 0.5) is 0 Å². The Balaban J connectivity index is 2.18. The summed E-state index contributed by atoms with van der Waals surface area (Å²) >= 11 is 0. The van der Waals surface area contributed by atoms with Gasteiger partial charge in [-0.15, -0.1) is 0 Å². The van der Waals surface area contributed by atoms with Crippen LogP contribution in [0, 0.1) is 5.92 Å². The van der Waals surface area contributed by atoms with Crippen molar-refractivity contribution in [1.29, 1.82) is 0 Å². The van der Waals surface area contributed by atoms with Crippen LogP contribution >= 0.6 is 0 Å². The van der Waals surface area contributed by atoms with Gasteiger partial charge in [-0.25, -0.2) is 4.79 Å². The summed E-state index contributed by atoms with van der Waals surface area (Å²) in [5, 5.41) is 2.87. The zero-order valence-corrected chi connectivity index (χ0v) is 11.2. The lowest BCUT2D eigenvalue weighted by Gasteiger charge is -2.20. The summed E-state index contributed by atoms with van der Waals surface area (Å²) in [7, 11) is 0. The number of hydrogen-bond acceptors (Lipinski definition) is 3. The van der Waals surface area contributed by atoms with Crippen LogP contribution in [0.5, 0.6) is 0 Å². The third-order valence-electron chi connectivity index (χ3n) is 3.27. The van der Waals surface area contributed by atoms with Gasteiger partial charge < -0.3 is 10.1 Å². The van der Waals surface area contributed by atoms with E-state index in [1.807, 2.05) is 0 Å². The molecule has 0 spiro atoms. The normalized spacial score (nSPS) is 16.1. The minimum absolute atomic E-state index is 0.117. The van der Waals surface area contributed by atoms with Gasteiger partial charge in [-0.3, -0.25) is 4.79 Å². The predicted octanol–water partition coefficient (Wildman–Crippen LogP) is 2.19. The molecule has 1 fully saturated rings. The molecule has 1 saturated carbocycles. The van der Waals surface area contributed by atoms with Crippen LogP contribution in [0.3, 0.4) is 0 Å². The van der Waals surface area contributed by atoms with Crippen LogP contribution in [0.1, 0.15) is 45.4 Å². The number of amides is 1. The number of carbonyl (C=O) groups is 2. The van der Waals surface area contributed by atoms with Crippen LogP contribution in [-0.4, -0.2) is 25.0 Å². The largest absolute Gasteiger partial charge is 0.463 e. The van der Waals surface area contributed by atoms with Gasteiger partial charge >= 0.3 is 5.97 Å². The number of rotatable bonds is 6. The zero-order valence-electron chi connectivity index (χ0n) is 11.2. The number of ether oxygens (including phenoxy) is 1. The molecule has 0 aromatic rings. The Labute approximate surface area is 109 Å². The highest BCUT2D eigenvalue weighted by atomic mass is 16.5. The molecule has 1 aliphatic carbocycles. The minimum Gasteiger partial charge on any atom is -0.463 e. The molecule has 0 bridgehead atoms. The van der Waals surface area contributed by atoms with E-state index in [1.165, 1.54) is 6.42 Å². The van der Waals surface area contributed by atoms with Gasteiger partial charge in [0.25, 0.3) is 0 Å². The molecule has 0 unspecified atom stereocenters. The summed E-state index contributed by atoms with van der Waals surface area (Å²) in [6, 6.07) is 0. The lowest BCUT2D eigenvalue weighted by molar-refractivity contribution is -0.138. The maximum absolute atomic E-state index is 11.8. The van der Waals surface area contributed by atoms with Gasteiger partial charge in [0.15, 0.2) is 0 Å². The summed E-state index contributed by atoms with van der Waals surface area (Å²) in [5.41, 5.74) is 0.417. The van der Waals surface area contributed by atoms with Crippen molar-refractivity contribution in [2.75, 3.05) is 13.2 Å². The average Bonchev–Trinajstić information content (AvgIpc) is 2.39. The molecular formula is C14H23NO3. The molecule has 4 nitrogen and oxygen atoms in total. The fourth-order valence-corrected chi connectivity index (χ4v) is 2.18. The first-order valence-corrected chi connectivity index (χ1v) is 6.77. The molecular weight excluding hydrogens is 230 g/mol. The molecule has 1 rings (SSSR count). The van der Waals surface area contributed by atoms with Crippen molar-refractivity contribution in [3.05, 3.63) is 12.2 Å². The van der Waals surface area contributed by atoms with Crippen molar-refractivity contribution in [2.24, 2.45) is 5.92 Å². The van der Waals surface area contributed by atoms with E-state index in [2.05, 4.69) is 11.9 Å². The first-order valence-electron chi connectivity index (χ1n) is 6.77. The molecule has 0 aromatic carbocycles. The van der Waals surface area contributed by atoms with Crippen LogP contribution < -0.4 is 5.32 Å². The summed E-state index contributed by atoms with van der Waals surface area (Å²) in [4.78, 5) is 23.1. The summed E-state index contributed by atoms with van der Waals surface area (Å²) in [6.07, 6.45) is 5.97. The van der Waals surface area contributed by atoms with Gasteiger partial charge in [-0.05, 0) is 26.2 Å². The molecule has 1 amide bonds. The number of esters is 1. The molecule has 0 aromatic heterocycles. The topological polar surface area (TPSA) is 55.4 Å². The highest BCUT2D eigenvalue weighted by Crippen LogP contribution is 2.23. The van der Waals surface area contributed by atoms with Crippen molar-refractivity contribution < 1.29 is 14.3 Å². The van der Waals surface area contributed by atoms with Crippen molar-refractivity contribution in [3.63, 3.8) is 0 Å². The van der Waals surface area contributed by atoms with Gasteiger partial charge in [0, 0.05) is 18.0 Å². The maximum Gasteiger partial charge on any atom is 0.333 e. The van der Waals surface area contributed by atoms with E-state index in [4.69, 9.17) is 4.74 Å². The predicted molar refractivity (Wildman–Crippen MR) is 70.0 cm³/mol. The monoisotopic (exact) mass is 253 g/mol. The highest BCUT2D eigenvalue weighted by Gasteiger charge is 2.20. The van der Waals surface area contributed by atoms with E-state index in [9.17, 15) is 9.59 Å². The van der Waals surface area contributed by atoms with E-state index in [-0.39, 0.29) is 17.8 Å². The molecule has 1 aliphatic rings. The molecule has 18 heavy (non-hydrogen) atoms. The molecule has 102 valence electrons. The van der Waals surface area contributed by atoms with Crippen LogP contribution in [0.25, 0.3) is 0 Å². The molecule has 0 radical (unpaired) electrons. The first-order chi connectivity index (χ1) is 8.65. The number of carbonyl (C=O) groups excluding carboxylic acids is 2. The van der Waals surface area contributed by atoms with Crippen molar-refractivity contribution in [3.8, 4) is 0 Å². The third-order valence-corrected chi connectivity index (χ3v) is 3.27. The molecule has 0 atom stereocenters. The van der Waals surface area contributed by atoms with Gasteiger partial charge in [0.2, 0.25) is 5.91 Å². The van der Waals surface area contributed by atoms with Crippen molar-refractivity contribution >= 4 is 11.9 Å². The van der Waals surface area contributed by atoms with Gasteiger partial charge in [-0.1, -0.05) is 25.8 Å². The smallest absolute Gasteiger partial charge is 0.333 e. The Morgan fingerprint density at radius 1 is 1.28 bits per heavy atom. The fraction of sp³-hybridized carbons (Fsp3) is 0.714. The second-order valence-corrected chi connectivity index (χ2v) is 4.70. The van der Waals surface area contributed by atoms with Crippen LogP contribution in [0.2, 0.25) is 0 Å². The number of nitrogens with one attached hydrogen (secondary N) is 1. The lowest BCUT2D eigenvalue weighted by atomic mass is 9.88. The van der Waals surface area contributed by atoms with Crippen molar-refractivity contribution in [1.82, 2.24) is 5.32 Å². The van der Waals surface area contributed by atoms with Gasteiger partial charge in [-0.2, -0.15) is 0 Å². The van der Waals surface area contributed by atoms with Crippen LogP contribution in [-0.2, 0) is 14.3 Å². The minimum atomic E-state index is -0.371. The molecule has 0 saturated heterocycles. The maximum atomic E-state index is 11.8. The average molecular weight is 253 g/mol. The molecule has 1 N–H and O–H groups in total. The molecule has 0 heterocycles. The Bertz CT molecular complexity index is 306. The lowest BCUT2D eigenvalue weighted by Crippen LogP contribution is -2.33. The first kappa shape index (κ1) is 14.7. The van der Waals surface area contributed by atoms with Crippen LogP contribution in [0.15, 0.2) is 12.2 Å². The molecule has 0 aliphatic heterocycles. The Morgan fingerprint density at radius 2 is 1.94 bits per heavy atom. The third kappa shape index (κ3) is 4.90. The summed E-state index contributed by atoms with van der Waals surface area (Å²) in [5.74, 6) is -0.0922. The summed E-state index contributed by atoms with van der Waals surface area (Å²) in [6.45, 7) is 6.24. The van der Waals surface area contributed by atoms with Gasteiger partial charge in [0.1, 0.15) is 0 Å². The van der Waals surface area contributed by atoms with E-state index in [1.54, 1.807) is 6.92 Å². The van der Waals surface area contributed by atoms with Gasteiger partial charge in [0.05, 0.1) is 6.61 Å². The Kier molecular flexibility index (Phi) is 6.47. The standard InChI is InChI=1S/C14H23NO3/c1-3-18-14(17)11(2)9-10-15-13(16)12-7-5-4-6-8-12/h12H,2-10H2,1H3,(H,15,16). The Hall–Kier alpha value is -1.32. The van der Waals surface area contributed by atoms with Crippen molar-refractivity contribution in [2.45, 2.75) is 45.4 Å². The second-order valence-electron chi connectivity index (χ2n) is 4.70. The zero-order chi connectivity index (χ0) is 13.4.